The molecule has 0 atom stereocenters. The molecule has 0 aliphatic carbocycles. The lowest BCUT2D eigenvalue weighted by atomic mass is 10.1. The van der Waals surface area contributed by atoms with E-state index in [0.29, 0.717) is 5.56 Å². The second-order valence-electron chi connectivity index (χ2n) is 3.17. The average molecular weight is 238 g/mol. The summed E-state index contributed by atoms with van der Waals surface area (Å²) in [5.41, 5.74) is 0.680. The summed E-state index contributed by atoms with van der Waals surface area (Å²) in [7, 11) is 0. The molecule has 0 aromatic carbocycles. The van der Waals surface area contributed by atoms with Gasteiger partial charge in [-0.1, -0.05) is 0 Å². The van der Waals surface area contributed by atoms with E-state index in [0.717, 1.165) is 0 Å². The molecule has 0 aliphatic heterocycles. The third-order valence-corrected chi connectivity index (χ3v) is 2.07. The average Bonchev–Trinajstić information content (AvgIpc) is 2.29. The molecule has 0 unspecified atom stereocenters. The summed E-state index contributed by atoms with van der Waals surface area (Å²) >= 11 is 0. The number of esters is 2. The van der Waals surface area contributed by atoms with E-state index in [9.17, 15) is 9.59 Å². The van der Waals surface area contributed by atoms with Crippen LogP contribution in [0, 0.1) is 6.92 Å². The summed E-state index contributed by atoms with van der Waals surface area (Å²) in [6.07, 6.45) is 1.27. The molecule has 0 spiro atoms. The lowest BCUT2D eigenvalue weighted by molar-refractivity contribution is 0.0515. The second kappa shape index (κ2) is 5.93. The first-order valence-corrected chi connectivity index (χ1v) is 5.28. The van der Waals surface area contributed by atoms with Crippen molar-refractivity contribution in [3.8, 4) is 0 Å². The molecule has 0 aliphatic rings. The van der Waals surface area contributed by atoms with Crippen molar-refractivity contribution in [1.82, 2.24) is 10.2 Å². The Morgan fingerprint density at radius 1 is 1.18 bits per heavy atom. The van der Waals surface area contributed by atoms with Crippen molar-refractivity contribution in [1.29, 1.82) is 0 Å². The van der Waals surface area contributed by atoms with E-state index in [2.05, 4.69) is 10.2 Å². The Bertz CT molecular complexity index is 395. The predicted octanol–water partition coefficient (Wildman–Crippen LogP) is 1.14. The maximum absolute atomic E-state index is 11.6. The van der Waals surface area contributed by atoms with Gasteiger partial charge in [0, 0.05) is 5.56 Å². The SMILES string of the molecule is CCOC(=O)c1cnnc(C(=O)OCC)c1C. The van der Waals surface area contributed by atoms with Gasteiger partial charge in [-0.25, -0.2) is 9.59 Å². The van der Waals surface area contributed by atoms with Crippen molar-refractivity contribution in [3.05, 3.63) is 23.0 Å². The zero-order valence-corrected chi connectivity index (χ0v) is 10.0. The molecule has 92 valence electrons. The molecule has 0 saturated heterocycles. The molecule has 1 aromatic rings. The molecule has 1 rings (SSSR count). The van der Waals surface area contributed by atoms with Crippen molar-refractivity contribution < 1.29 is 19.1 Å². The third-order valence-electron chi connectivity index (χ3n) is 2.07. The van der Waals surface area contributed by atoms with Crippen LogP contribution in [0.4, 0.5) is 0 Å². The fourth-order valence-electron chi connectivity index (χ4n) is 1.25. The van der Waals surface area contributed by atoms with E-state index in [1.807, 2.05) is 0 Å². The fourth-order valence-corrected chi connectivity index (χ4v) is 1.25. The van der Waals surface area contributed by atoms with E-state index in [-0.39, 0.29) is 24.5 Å². The van der Waals surface area contributed by atoms with Crippen LogP contribution in [0.5, 0.6) is 0 Å². The summed E-state index contributed by atoms with van der Waals surface area (Å²) in [5.74, 6) is -1.12. The van der Waals surface area contributed by atoms with Crippen LogP contribution in [0.25, 0.3) is 0 Å². The molecule has 0 fully saturated rings. The number of carbonyl (C=O) groups excluding carboxylic acids is 2. The zero-order chi connectivity index (χ0) is 12.8. The highest BCUT2D eigenvalue weighted by molar-refractivity contribution is 5.96. The second-order valence-corrected chi connectivity index (χ2v) is 3.17. The van der Waals surface area contributed by atoms with Crippen molar-refractivity contribution in [2.75, 3.05) is 13.2 Å². The minimum Gasteiger partial charge on any atom is -0.462 e. The molecule has 6 nitrogen and oxygen atoms in total. The maximum atomic E-state index is 11.6. The van der Waals surface area contributed by atoms with Gasteiger partial charge >= 0.3 is 11.9 Å². The lowest BCUT2D eigenvalue weighted by Crippen LogP contribution is -2.15. The van der Waals surface area contributed by atoms with Crippen LogP contribution in [-0.4, -0.2) is 35.3 Å². The van der Waals surface area contributed by atoms with Crippen molar-refractivity contribution in [3.63, 3.8) is 0 Å². The van der Waals surface area contributed by atoms with Crippen LogP contribution in [0.1, 0.15) is 40.3 Å². The van der Waals surface area contributed by atoms with Gasteiger partial charge in [-0.3, -0.25) is 0 Å². The normalized spacial score (nSPS) is 9.82. The van der Waals surface area contributed by atoms with Gasteiger partial charge in [-0.05, 0) is 20.8 Å². The van der Waals surface area contributed by atoms with E-state index in [4.69, 9.17) is 9.47 Å². The summed E-state index contributed by atoms with van der Waals surface area (Å²) < 4.78 is 9.65. The van der Waals surface area contributed by atoms with E-state index < -0.39 is 11.9 Å². The van der Waals surface area contributed by atoms with Crippen LogP contribution < -0.4 is 0 Å². The Labute approximate surface area is 98.9 Å². The standard InChI is InChI=1S/C11H14N2O4/c1-4-16-10(14)8-6-12-13-9(7(8)3)11(15)17-5-2/h6H,4-5H2,1-3H3. The van der Waals surface area contributed by atoms with Crippen LogP contribution in [0.3, 0.4) is 0 Å². The number of hydrogen-bond acceptors (Lipinski definition) is 6. The molecule has 0 saturated carbocycles. The zero-order valence-electron chi connectivity index (χ0n) is 10.0. The number of ether oxygens (including phenoxy) is 2. The van der Waals surface area contributed by atoms with Crippen molar-refractivity contribution in [2.24, 2.45) is 0 Å². The maximum Gasteiger partial charge on any atom is 0.359 e. The monoisotopic (exact) mass is 238 g/mol. The highest BCUT2D eigenvalue weighted by atomic mass is 16.5. The Hall–Kier alpha value is -1.98. The van der Waals surface area contributed by atoms with Gasteiger partial charge in [0.25, 0.3) is 0 Å². The molecule has 0 amide bonds. The van der Waals surface area contributed by atoms with Gasteiger partial charge < -0.3 is 9.47 Å². The van der Waals surface area contributed by atoms with Gasteiger partial charge in [0.05, 0.1) is 25.0 Å². The summed E-state index contributed by atoms with van der Waals surface area (Å²) in [6.45, 7) is 5.50. The third kappa shape index (κ3) is 2.99. The molecule has 6 heteroatoms. The van der Waals surface area contributed by atoms with Crippen LogP contribution in [0.15, 0.2) is 6.20 Å². The molecule has 17 heavy (non-hydrogen) atoms. The van der Waals surface area contributed by atoms with Gasteiger partial charge in [0.1, 0.15) is 0 Å². The van der Waals surface area contributed by atoms with Crippen LogP contribution >= 0.6 is 0 Å². The van der Waals surface area contributed by atoms with Crippen molar-refractivity contribution >= 4 is 11.9 Å². The Morgan fingerprint density at radius 2 is 1.76 bits per heavy atom. The van der Waals surface area contributed by atoms with Crippen molar-refractivity contribution in [2.45, 2.75) is 20.8 Å². The first-order chi connectivity index (χ1) is 8.11. The van der Waals surface area contributed by atoms with Crippen LogP contribution in [0.2, 0.25) is 0 Å². The number of rotatable bonds is 4. The molecule has 0 bridgehead atoms. The molecule has 0 radical (unpaired) electrons. The Morgan fingerprint density at radius 3 is 2.35 bits per heavy atom. The van der Waals surface area contributed by atoms with E-state index in [1.54, 1.807) is 20.8 Å². The highest BCUT2D eigenvalue weighted by Crippen LogP contribution is 2.12. The topological polar surface area (TPSA) is 78.4 Å². The minimum absolute atomic E-state index is 0.0393. The number of hydrogen-bond donors (Lipinski definition) is 0. The van der Waals surface area contributed by atoms with E-state index >= 15 is 0 Å². The first-order valence-electron chi connectivity index (χ1n) is 5.28. The number of carbonyl (C=O) groups is 2. The Balaban J connectivity index is 3.07. The lowest BCUT2D eigenvalue weighted by Gasteiger charge is -2.07. The van der Waals surface area contributed by atoms with Gasteiger partial charge in [-0.15, -0.1) is 5.10 Å². The quantitative estimate of drug-likeness (QED) is 0.732. The molecule has 0 N–H and O–H groups in total. The minimum atomic E-state index is -0.594. The van der Waals surface area contributed by atoms with Gasteiger partial charge in [-0.2, -0.15) is 5.10 Å². The number of nitrogens with zero attached hydrogens (tertiary/aromatic N) is 2. The van der Waals surface area contributed by atoms with Crippen LogP contribution in [-0.2, 0) is 9.47 Å². The predicted molar refractivity (Wildman–Crippen MR) is 58.7 cm³/mol. The summed E-state index contributed by atoms with van der Waals surface area (Å²) in [5, 5.41) is 7.27. The van der Waals surface area contributed by atoms with Gasteiger partial charge in [0.15, 0.2) is 5.69 Å². The molecule has 1 heterocycles. The Kier molecular flexibility index (Phi) is 4.56. The largest absolute Gasteiger partial charge is 0.462 e. The smallest absolute Gasteiger partial charge is 0.359 e. The molecular formula is C11H14N2O4. The molecular weight excluding hydrogens is 224 g/mol. The fraction of sp³-hybridized carbons (Fsp3) is 0.455. The van der Waals surface area contributed by atoms with E-state index in [1.165, 1.54) is 6.20 Å². The molecule has 1 aromatic heterocycles. The number of aromatic nitrogens is 2. The summed E-state index contributed by atoms with van der Waals surface area (Å²) in [6, 6.07) is 0. The highest BCUT2D eigenvalue weighted by Gasteiger charge is 2.19. The summed E-state index contributed by atoms with van der Waals surface area (Å²) in [4.78, 5) is 23.1. The van der Waals surface area contributed by atoms with Gasteiger partial charge in [0.2, 0.25) is 0 Å². The first kappa shape index (κ1) is 13.1.